The summed E-state index contributed by atoms with van der Waals surface area (Å²) in [5.41, 5.74) is 4.21. The van der Waals surface area contributed by atoms with Gasteiger partial charge in [-0.1, -0.05) is 0 Å². The van der Waals surface area contributed by atoms with Crippen LogP contribution in [0.1, 0.15) is 23.8 Å². The minimum atomic E-state index is -0.335. The smallest absolute Gasteiger partial charge is 0.136 e. The Morgan fingerprint density at radius 1 is 1.42 bits per heavy atom. The molecule has 4 nitrogen and oxygen atoms in total. The molecule has 0 spiro atoms. The van der Waals surface area contributed by atoms with Crippen LogP contribution in [0.15, 0.2) is 34.5 Å². The van der Waals surface area contributed by atoms with E-state index in [2.05, 4.69) is 5.43 Å². The van der Waals surface area contributed by atoms with Crippen LogP contribution in [-0.4, -0.2) is 6.61 Å². The van der Waals surface area contributed by atoms with E-state index < -0.39 is 0 Å². The largest absolute Gasteiger partial charge is 0.496 e. The molecule has 3 N–H and O–H groups in total. The lowest BCUT2D eigenvalue weighted by atomic mass is 10.1. The van der Waals surface area contributed by atoms with E-state index in [0.717, 1.165) is 23.1 Å². The predicted octanol–water partition coefficient (Wildman–Crippen LogP) is 2.69. The van der Waals surface area contributed by atoms with Crippen LogP contribution in [0.5, 0.6) is 0 Å². The zero-order valence-electron chi connectivity index (χ0n) is 10.6. The van der Waals surface area contributed by atoms with E-state index in [4.69, 9.17) is 15.0 Å². The Morgan fingerprint density at radius 3 is 2.95 bits per heavy atom. The first kappa shape index (κ1) is 12.2. The molecule has 1 aliphatic heterocycles. The lowest BCUT2D eigenvalue weighted by Gasteiger charge is -2.15. The number of rotatable bonds is 3. The molecule has 0 saturated heterocycles. The van der Waals surface area contributed by atoms with Crippen LogP contribution >= 0.6 is 0 Å². The molecule has 0 aliphatic carbocycles. The number of fused-ring (bicyclic) bond motifs is 1. The lowest BCUT2D eigenvalue weighted by Crippen LogP contribution is -2.29. The van der Waals surface area contributed by atoms with Gasteiger partial charge in [-0.2, -0.15) is 0 Å². The molecule has 0 radical (unpaired) electrons. The molecule has 1 aromatic carbocycles. The van der Waals surface area contributed by atoms with Gasteiger partial charge in [0.2, 0.25) is 0 Å². The van der Waals surface area contributed by atoms with Crippen molar-refractivity contribution in [1.29, 1.82) is 0 Å². The van der Waals surface area contributed by atoms with E-state index in [-0.39, 0.29) is 11.9 Å². The number of aryl methyl sites for hydroxylation is 1. The van der Waals surface area contributed by atoms with Crippen molar-refractivity contribution in [2.45, 2.75) is 19.4 Å². The van der Waals surface area contributed by atoms with Crippen molar-refractivity contribution in [2.24, 2.45) is 5.84 Å². The molecular formula is C14H15FN2O2. The number of hydrogen-bond acceptors (Lipinski definition) is 4. The highest BCUT2D eigenvalue weighted by atomic mass is 19.1. The summed E-state index contributed by atoms with van der Waals surface area (Å²) >= 11 is 0. The van der Waals surface area contributed by atoms with Crippen molar-refractivity contribution in [2.75, 3.05) is 6.61 Å². The maximum Gasteiger partial charge on any atom is 0.136 e. The van der Waals surface area contributed by atoms with Crippen LogP contribution in [0.2, 0.25) is 0 Å². The van der Waals surface area contributed by atoms with Gasteiger partial charge in [-0.05, 0) is 31.2 Å². The molecule has 1 aromatic heterocycles. The van der Waals surface area contributed by atoms with E-state index in [1.807, 2.05) is 13.0 Å². The SMILES string of the molecule is Cc1c(C(NN)C2=CCCO2)oc2ccc(F)cc12. The van der Waals surface area contributed by atoms with Crippen LogP contribution in [0, 0.1) is 12.7 Å². The second kappa shape index (κ2) is 4.68. The van der Waals surface area contributed by atoms with Gasteiger partial charge >= 0.3 is 0 Å². The first-order valence-corrected chi connectivity index (χ1v) is 6.18. The first-order valence-electron chi connectivity index (χ1n) is 6.18. The average molecular weight is 262 g/mol. The Bertz CT molecular complexity index is 648. The predicted molar refractivity (Wildman–Crippen MR) is 69.6 cm³/mol. The van der Waals surface area contributed by atoms with Crippen molar-refractivity contribution in [1.82, 2.24) is 5.43 Å². The van der Waals surface area contributed by atoms with Gasteiger partial charge in [0, 0.05) is 17.4 Å². The molecule has 2 aromatic rings. The quantitative estimate of drug-likeness (QED) is 0.659. The van der Waals surface area contributed by atoms with E-state index >= 15 is 0 Å². The molecule has 5 heteroatoms. The Morgan fingerprint density at radius 2 is 2.26 bits per heavy atom. The normalized spacial score (nSPS) is 16.5. The van der Waals surface area contributed by atoms with Crippen LogP contribution in [0.3, 0.4) is 0 Å². The number of nitrogens with two attached hydrogens (primary N) is 1. The molecular weight excluding hydrogens is 247 g/mol. The van der Waals surface area contributed by atoms with Crippen LogP contribution in [0.25, 0.3) is 11.0 Å². The highest BCUT2D eigenvalue weighted by Gasteiger charge is 2.26. The Labute approximate surface area is 110 Å². The minimum Gasteiger partial charge on any atom is -0.496 e. The summed E-state index contributed by atoms with van der Waals surface area (Å²) in [6, 6.07) is 4.14. The molecule has 3 rings (SSSR count). The average Bonchev–Trinajstić information content (AvgIpc) is 3.02. The highest BCUT2D eigenvalue weighted by Crippen LogP contribution is 2.34. The molecule has 1 atom stereocenters. The zero-order chi connectivity index (χ0) is 13.4. The van der Waals surface area contributed by atoms with Gasteiger partial charge in [0.25, 0.3) is 0 Å². The van der Waals surface area contributed by atoms with Gasteiger partial charge in [-0.15, -0.1) is 0 Å². The second-order valence-electron chi connectivity index (χ2n) is 4.58. The third-order valence-electron chi connectivity index (χ3n) is 3.38. The maximum atomic E-state index is 13.3. The lowest BCUT2D eigenvalue weighted by molar-refractivity contribution is 0.208. The zero-order valence-corrected chi connectivity index (χ0v) is 10.6. The summed E-state index contributed by atoms with van der Waals surface area (Å²) in [6.45, 7) is 2.54. The van der Waals surface area contributed by atoms with Gasteiger partial charge in [-0.3, -0.25) is 5.84 Å². The van der Waals surface area contributed by atoms with E-state index in [1.165, 1.54) is 12.1 Å². The molecule has 2 heterocycles. The third-order valence-corrected chi connectivity index (χ3v) is 3.38. The van der Waals surface area contributed by atoms with Crippen LogP contribution < -0.4 is 11.3 Å². The van der Waals surface area contributed by atoms with E-state index in [9.17, 15) is 4.39 Å². The fraction of sp³-hybridized carbons (Fsp3) is 0.286. The summed E-state index contributed by atoms with van der Waals surface area (Å²) < 4.78 is 24.6. The summed E-state index contributed by atoms with van der Waals surface area (Å²) in [7, 11) is 0. The molecule has 0 saturated carbocycles. The molecule has 0 amide bonds. The fourth-order valence-corrected chi connectivity index (χ4v) is 2.41. The van der Waals surface area contributed by atoms with Gasteiger partial charge in [-0.25, -0.2) is 9.82 Å². The number of hydrazine groups is 1. The Kier molecular flexibility index (Phi) is 3.00. The summed E-state index contributed by atoms with van der Waals surface area (Å²) in [5, 5.41) is 0.758. The summed E-state index contributed by atoms with van der Waals surface area (Å²) in [4.78, 5) is 0. The molecule has 19 heavy (non-hydrogen) atoms. The van der Waals surface area contributed by atoms with Gasteiger partial charge in [0.05, 0.1) is 6.61 Å². The Balaban J connectivity index is 2.10. The Hall–Kier alpha value is -1.85. The number of benzene rings is 1. The summed E-state index contributed by atoms with van der Waals surface area (Å²) in [5.74, 6) is 6.74. The molecule has 0 fully saturated rings. The number of ether oxygens (including phenoxy) is 1. The van der Waals surface area contributed by atoms with E-state index in [0.29, 0.717) is 18.0 Å². The third kappa shape index (κ3) is 2.01. The molecule has 0 bridgehead atoms. The molecule has 100 valence electrons. The molecule has 1 aliphatic rings. The monoisotopic (exact) mass is 262 g/mol. The van der Waals surface area contributed by atoms with Crippen LogP contribution in [-0.2, 0) is 4.74 Å². The van der Waals surface area contributed by atoms with Crippen molar-refractivity contribution in [3.8, 4) is 0 Å². The first-order chi connectivity index (χ1) is 9.20. The number of halogens is 1. The van der Waals surface area contributed by atoms with Gasteiger partial charge in [0.15, 0.2) is 0 Å². The van der Waals surface area contributed by atoms with Crippen LogP contribution in [0.4, 0.5) is 4.39 Å². The fourth-order valence-electron chi connectivity index (χ4n) is 2.41. The van der Waals surface area contributed by atoms with Crippen molar-refractivity contribution < 1.29 is 13.5 Å². The molecule has 1 unspecified atom stereocenters. The van der Waals surface area contributed by atoms with Gasteiger partial charge < -0.3 is 9.15 Å². The van der Waals surface area contributed by atoms with E-state index in [1.54, 1.807) is 6.07 Å². The second-order valence-corrected chi connectivity index (χ2v) is 4.58. The van der Waals surface area contributed by atoms with Gasteiger partial charge in [0.1, 0.15) is 29.0 Å². The topological polar surface area (TPSA) is 60.4 Å². The number of hydrogen-bond donors (Lipinski definition) is 2. The number of furan rings is 1. The summed E-state index contributed by atoms with van der Waals surface area (Å²) in [6.07, 6.45) is 2.85. The standard InChI is InChI=1S/C14H15FN2O2/c1-8-10-7-9(15)4-5-11(10)19-14(8)13(17-16)12-3-2-6-18-12/h3-5,7,13,17H,2,6,16H2,1H3. The van der Waals surface area contributed by atoms with Crippen molar-refractivity contribution in [3.05, 3.63) is 47.2 Å². The van der Waals surface area contributed by atoms with Crippen molar-refractivity contribution >= 4 is 11.0 Å². The minimum absolute atomic E-state index is 0.281. The van der Waals surface area contributed by atoms with Crippen molar-refractivity contribution in [3.63, 3.8) is 0 Å². The number of nitrogens with one attached hydrogen (secondary N) is 1. The highest BCUT2D eigenvalue weighted by molar-refractivity contribution is 5.82. The maximum absolute atomic E-state index is 13.3.